The second kappa shape index (κ2) is 5.81. The Labute approximate surface area is 127 Å². The molecule has 2 heterocycles. The molecule has 2 N–H and O–H groups in total. The van der Waals surface area contributed by atoms with Crippen molar-refractivity contribution in [3.8, 4) is 0 Å². The summed E-state index contributed by atoms with van der Waals surface area (Å²) in [7, 11) is 0. The summed E-state index contributed by atoms with van der Waals surface area (Å²) in [5.74, 6) is -1.22. The Morgan fingerprint density at radius 1 is 1.57 bits per heavy atom. The minimum Gasteiger partial charge on any atom is -0.481 e. The van der Waals surface area contributed by atoms with E-state index in [0.717, 1.165) is 39.8 Å². The van der Waals surface area contributed by atoms with Crippen LogP contribution in [0, 0.1) is 6.92 Å². The zero-order valence-corrected chi connectivity index (χ0v) is 12.6. The van der Waals surface area contributed by atoms with Crippen LogP contribution in [-0.4, -0.2) is 21.0 Å². The van der Waals surface area contributed by atoms with Gasteiger partial charge in [-0.25, -0.2) is 4.98 Å². The lowest BCUT2D eigenvalue weighted by Gasteiger charge is -2.16. The molecule has 5 nitrogen and oxygen atoms in total. The van der Waals surface area contributed by atoms with Gasteiger partial charge in [0.2, 0.25) is 0 Å². The van der Waals surface area contributed by atoms with Gasteiger partial charge in [0.1, 0.15) is 5.92 Å². The summed E-state index contributed by atoms with van der Waals surface area (Å²) in [5, 5.41) is 13.3. The van der Waals surface area contributed by atoms with Crippen molar-refractivity contribution < 1.29 is 9.90 Å². The number of fused-ring (bicyclic) bond motifs is 1. The first kappa shape index (κ1) is 14.0. The highest BCUT2D eigenvalue weighted by Gasteiger charge is 2.29. The van der Waals surface area contributed by atoms with E-state index in [9.17, 15) is 9.90 Å². The maximum absolute atomic E-state index is 11.3. The van der Waals surface area contributed by atoms with Gasteiger partial charge in [-0.2, -0.15) is 0 Å². The number of carboxylic acid groups (broad SMARTS) is 1. The largest absolute Gasteiger partial charge is 0.481 e. The predicted molar refractivity (Wildman–Crippen MR) is 81.7 cm³/mol. The van der Waals surface area contributed by atoms with Crippen molar-refractivity contribution in [2.75, 3.05) is 5.32 Å². The third kappa shape index (κ3) is 2.90. The lowest BCUT2D eigenvalue weighted by Crippen LogP contribution is -2.17. The van der Waals surface area contributed by atoms with Gasteiger partial charge in [0.15, 0.2) is 5.13 Å². The van der Waals surface area contributed by atoms with Crippen LogP contribution < -0.4 is 5.32 Å². The molecule has 1 aliphatic carbocycles. The van der Waals surface area contributed by atoms with Crippen LogP contribution in [0.25, 0.3) is 0 Å². The first-order valence-electron chi connectivity index (χ1n) is 7.02. The highest BCUT2D eigenvalue weighted by molar-refractivity contribution is 7.15. The molecule has 0 aliphatic heterocycles. The average Bonchev–Trinajstić information content (AvgIpc) is 2.88. The Morgan fingerprint density at radius 2 is 2.43 bits per heavy atom. The Balaban J connectivity index is 1.76. The fraction of sp³-hybridized carbons (Fsp3) is 0.400. The number of aromatic nitrogens is 2. The lowest BCUT2D eigenvalue weighted by molar-refractivity contribution is -0.139. The van der Waals surface area contributed by atoms with Gasteiger partial charge < -0.3 is 10.4 Å². The number of aliphatic carboxylic acids is 1. The lowest BCUT2D eigenvalue weighted by atomic mass is 9.91. The van der Waals surface area contributed by atoms with E-state index in [0.29, 0.717) is 13.0 Å². The van der Waals surface area contributed by atoms with E-state index in [-0.39, 0.29) is 0 Å². The molecule has 0 radical (unpaired) electrons. The van der Waals surface area contributed by atoms with Crippen LogP contribution in [0.4, 0.5) is 5.13 Å². The van der Waals surface area contributed by atoms with Crippen molar-refractivity contribution in [2.45, 2.75) is 38.6 Å². The zero-order chi connectivity index (χ0) is 14.8. The smallest absolute Gasteiger partial charge is 0.312 e. The van der Waals surface area contributed by atoms with Gasteiger partial charge in [-0.05, 0) is 37.8 Å². The zero-order valence-electron chi connectivity index (χ0n) is 11.8. The summed E-state index contributed by atoms with van der Waals surface area (Å²) in [4.78, 5) is 21.2. The minimum atomic E-state index is -0.770. The molecular formula is C15H17N3O2S. The maximum Gasteiger partial charge on any atom is 0.312 e. The summed E-state index contributed by atoms with van der Waals surface area (Å²) in [6, 6.07) is 3.94. The van der Waals surface area contributed by atoms with Crippen molar-refractivity contribution in [1.29, 1.82) is 0 Å². The molecular weight excluding hydrogens is 286 g/mol. The Morgan fingerprint density at radius 3 is 3.19 bits per heavy atom. The summed E-state index contributed by atoms with van der Waals surface area (Å²) in [6.45, 7) is 2.63. The number of nitrogens with one attached hydrogen (secondary N) is 1. The van der Waals surface area contributed by atoms with Gasteiger partial charge in [-0.15, -0.1) is 11.3 Å². The molecule has 2 aromatic rings. The van der Waals surface area contributed by atoms with E-state index in [1.165, 1.54) is 0 Å². The van der Waals surface area contributed by atoms with Crippen LogP contribution in [0.1, 0.15) is 40.6 Å². The van der Waals surface area contributed by atoms with E-state index >= 15 is 0 Å². The molecule has 0 saturated heterocycles. The third-order valence-electron chi connectivity index (χ3n) is 3.78. The number of aryl methyl sites for hydroxylation is 2. The predicted octanol–water partition coefficient (Wildman–Crippen LogP) is 2.96. The molecule has 6 heteroatoms. The number of anilines is 1. The first-order chi connectivity index (χ1) is 10.1. The second-order valence-electron chi connectivity index (χ2n) is 5.23. The fourth-order valence-corrected chi connectivity index (χ4v) is 3.66. The van der Waals surface area contributed by atoms with Crippen LogP contribution in [0.2, 0.25) is 0 Å². The van der Waals surface area contributed by atoms with Crippen molar-refractivity contribution in [3.05, 3.63) is 40.2 Å². The topological polar surface area (TPSA) is 75.1 Å². The van der Waals surface area contributed by atoms with Gasteiger partial charge in [0.25, 0.3) is 0 Å². The maximum atomic E-state index is 11.3. The number of hydrogen-bond donors (Lipinski definition) is 2. The summed E-state index contributed by atoms with van der Waals surface area (Å²) in [5.41, 5.74) is 2.87. The van der Waals surface area contributed by atoms with E-state index in [1.54, 1.807) is 17.5 Å². The minimum absolute atomic E-state index is 0.447. The van der Waals surface area contributed by atoms with Crippen LogP contribution >= 0.6 is 11.3 Å². The van der Waals surface area contributed by atoms with E-state index in [1.807, 2.05) is 19.1 Å². The van der Waals surface area contributed by atoms with Crippen molar-refractivity contribution in [2.24, 2.45) is 0 Å². The summed E-state index contributed by atoms with van der Waals surface area (Å²) in [6.07, 6.45) is 4.31. The second-order valence-corrected chi connectivity index (χ2v) is 6.31. The summed E-state index contributed by atoms with van der Waals surface area (Å²) < 4.78 is 0. The molecule has 1 aliphatic rings. The van der Waals surface area contributed by atoms with Crippen molar-refractivity contribution >= 4 is 22.4 Å². The van der Waals surface area contributed by atoms with Crippen molar-refractivity contribution in [1.82, 2.24) is 9.97 Å². The van der Waals surface area contributed by atoms with E-state index < -0.39 is 11.9 Å². The fourth-order valence-electron chi connectivity index (χ4n) is 2.60. The molecule has 2 aromatic heterocycles. The molecule has 0 bridgehead atoms. The number of thiazole rings is 1. The Bertz CT molecular complexity index is 669. The third-order valence-corrected chi connectivity index (χ3v) is 4.87. The number of carbonyl (C=O) groups is 1. The molecule has 1 atom stereocenters. The normalized spacial score (nSPS) is 17.3. The quantitative estimate of drug-likeness (QED) is 0.908. The Hall–Kier alpha value is -1.95. The van der Waals surface area contributed by atoms with Crippen LogP contribution in [0.3, 0.4) is 0 Å². The number of hydrogen-bond acceptors (Lipinski definition) is 5. The molecule has 110 valence electrons. The van der Waals surface area contributed by atoms with Crippen LogP contribution in [-0.2, 0) is 17.8 Å². The average molecular weight is 303 g/mol. The summed E-state index contributed by atoms with van der Waals surface area (Å²) >= 11 is 1.57. The van der Waals surface area contributed by atoms with Crippen LogP contribution in [0.5, 0.6) is 0 Å². The number of rotatable bonds is 4. The molecule has 0 saturated carbocycles. The highest BCUT2D eigenvalue weighted by Crippen LogP contribution is 2.36. The van der Waals surface area contributed by atoms with Crippen LogP contribution in [0.15, 0.2) is 18.3 Å². The Kier molecular flexibility index (Phi) is 3.88. The molecule has 21 heavy (non-hydrogen) atoms. The molecule has 3 rings (SSSR count). The SMILES string of the molecule is Cc1cccnc1CNc1nc2c(s1)CCCC2C(=O)O. The number of nitrogens with zero attached hydrogens (tertiary/aromatic N) is 2. The number of carboxylic acids is 1. The molecule has 1 unspecified atom stereocenters. The van der Waals surface area contributed by atoms with Gasteiger partial charge >= 0.3 is 5.97 Å². The molecule has 0 spiro atoms. The standard InChI is InChI=1S/C15H17N3O2S/c1-9-4-3-7-16-11(9)8-17-15-18-13-10(14(19)20)5-2-6-12(13)21-15/h3-4,7,10H,2,5-6,8H2,1H3,(H,17,18)(H,19,20). The molecule has 0 fully saturated rings. The van der Waals surface area contributed by atoms with E-state index in [4.69, 9.17) is 0 Å². The van der Waals surface area contributed by atoms with E-state index in [2.05, 4.69) is 15.3 Å². The van der Waals surface area contributed by atoms with Gasteiger partial charge in [-0.1, -0.05) is 6.07 Å². The molecule has 0 amide bonds. The highest BCUT2D eigenvalue weighted by atomic mass is 32.1. The van der Waals surface area contributed by atoms with Gasteiger partial charge in [-0.3, -0.25) is 9.78 Å². The van der Waals surface area contributed by atoms with Gasteiger partial charge in [0, 0.05) is 11.1 Å². The monoisotopic (exact) mass is 303 g/mol. The first-order valence-corrected chi connectivity index (χ1v) is 7.83. The van der Waals surface area contributed by atoms with Gasteiger partial charge in [0.05, 0.1) is 17.9 Å². The molecule has 0 aromatic carbocycles. The van der Waals surface area contributed by atoms with Crippen molar-refractivity contribution in [3.63, 3.8) is 0 Å². The number of pyridine rings is 1.